The molecule has 1 aliphatic heterocycles. The summed E-state index contributed by atoms with van der Waals surface area (Å²) in [5.41, 5.74) is 1.52. The van der Waals surface area contributed by atoms with Crippen LogP contribution in [0.25, 0.3) is 0 Å². The summed E-state index contributed by atoms with van der Waals surface area (Å²) in [6.07, 6.45) is 0.797. The standard InChI is InChI=1S/C25H33ClN2O5/c1-5-30-20-9-8-17(12-21(20)31-6-2)25(16(3)4)27-15-24(29)28-19-14-23-22(13-18(19)26)32-10-7-11-33-23/h8-9,12-14,16,25,27H,5-7,10-11,15H2,1-4H3,(H,28,29). The third-order valence-electron chi connectivity index (χ3n) is 5.19. The van der Waals surface area contributed by atoms with E-state index in [-0.39, 0.29) is 24.4 Å². The fourth-order valence-corrected chi connectivity index (χ4v) is 3.88. The minimum atomic E-state index is -0.201. The summed E-state index contributed by atoms with van der Waals surface area (Å²) in [6.45, 7) is 10.4. The van der Waals surface area contributed by atoms with Gasteiger partial charge in [0, 0.05) is 24.6 Å². The lowest BCUT2D eigenvalue weighted by molar-refractivity contribution is -0.115. The number of nitrogens with one attached hydrogen (secondary N) is 2. The molecule has 0 bridgehead atoms. The van der Waals surface area contributed by atoms with Gasteiger partial charge >= 0.3 is 0 Å². The molecule has 180 valence electrons. The number of carbonyl (C=O) groups is 1. The fourth-order valence-electron chi connectivity index (χ4n) is 3.68. The summed E-state index contributed by atoms with van der Waals surface area (Å²) in [5, 5.41) is 6.63. The van der Waals surface area contributed by atoms with Crippen molar-refractivity contribution in [1.29, 1.82) is 0 Å². The van der Waals surface area contributed by atoms with E-state index in [1.165, 1.54) is 0 Å². The predicted molar refractivity (Wildman–Crippen MR) is 130 cm³/mol. The number of halogens is 1. The van der Waals surface area contributed by atoms with E-state index in [0.717, 1.165) is 12.0 Å². The van der Waals surface area contributed by atoms with Crippen LogP contribution in [0.4, 0.5) is 5.69 Å². The molecular weight excluding hydrogens is 444 g/mol. The second-order valence-electron chi connectivity index (χ2n) is 8.05. The number of hydrogen-bond donors (Lipinski definition) is 2. The monoisotopic (exact) mass is 476 g/mol. The van der Waals surface area contributed by atoms with E-state index >= 15 is 0 Å². The topological polar surface area (TPSA) is 78.1 Å². The lowest BCUT2D eigenvalue weighted by Gasteiger charge is -2.24. The molecule has 3 rings (SSSR count). The smallest absolute Gasteiger partial charge is 0.238 e. The van der Waals surface area contributed by atoms with Gasteiger partial charge in [-0.1, -0.05) is 31.5 Å². The minimum Gasteiger partial charge on any atom is -0.490 e. The van der Waals surface area contributed by atoms with Crippen LogP contribution < -0.4 is 29.6 Å². The Balaban J connectivity index is 1.69. The van der Waals surface area contributed by atoms with Gasteiger partial charge in [-0.25, -0.2) is 0 Å². The Hall–Kier alpha value is -2.64. The molecule has 0 aromatic heterocycles. The van der Waals surface area contributed by atoms with Gasteiger partial charge in [0.25, 0.3) is 0 Å². The predicted octanol–water partition coefficient (Wildman–Crippen LogP) is 5.22. The van der Waals surface area contributed by atoms with Crippen LogP contribution in [0.5, 0.6) is 23.0 Å². The molecule has 0 aliphatic carbocycles. The van der Waals surface area contributed by atoms with Crippen LogP contribution in [-0.4, -0.2) is 38.9 Å². The Morgan fingerprint density at radius 2 is 1.70 bits per heavy atom. The van der Waals surface area contributed by atoms with Crippen molar-refractivity contribution in [3.63, 3.8) is 0 Å². The van der Waals surface area contributed by atoms with E-state index < -0.39 is 0 Å². The van der Waals surface area contributed by atoms with Gasteiger partial charge in [0.15, 0.2) is 23.0 Å². The lowest BCUT2D eigenvalue weighted by Crippen LogP contribution is -2.33. The van der Waals surface area contributed by atoms with Gasteiger partial charge in [-0.15, -0.1) is 0 Å². The summed E-state index contributed by atoms with van der Waals surface area (Å²) < 4.78 is 22.8. The number of benzene rings is 2. The molecule has 0 spiro atoms. The van der Waals surface area contributed by atoms with E-state index in [1.54, 1.807) is 12.1 Å². The fraction of sp³-hybridized carbons (Fsp3) is 0.480. The number of anilines is 1. The number of ether oxygens (including phenoxy) is 4. The van der Waals surface area contributed by atoms with Gasteiger partial charge < -0.3 is 29.6 Å². The van der Waals surface area contributed by atoms with Crippen molar-refractivity contribution in [2.45, 2.75) is 40.2 Å². The molecule has 0 saturated carbocycles. The average Bonchev–Trinajstić information content (AvgIpc) is 3.00. The van der Waals surface area contributed by atoms with Gasteiger partial charge in [-0.3, -0.25) is 4.79 Å². The minimum absolute atomic E-state index is 0.0510. The summed E-state index contributed by atoms with van der Waals surface area (Å²) >= 11 is 6.36. The van der Waals surface area contributed by atoms with Crippen LogP contribution in [0.3, 0.4) is 0 Å². The van der Waals surface area contributed by atoms with Gasteiger partial charge in [0.05, 0.1) is 43.7 Å². The Kier molecular flexibility index (Phi) is 9.09. The Labute approximate surface area is 200 Å². The van der Waals surface area contributed by atoms with Gasteiger partial charge in [0.2, 0.25) is 5.91 Å². The SMILES string of the molecule is CCOc1ccc(C(NCC(=O)Nc2cc3c(cc2Cl)OCCCO3)C(C)C)cc1OCC. The van der Waals surface area contributed by atoms with E-state index in [9.17, 15) is 4.79 Å². The first-order chi connectivity index (χ1) is 15.9. The molecular formula is C25H33ClN2O5. The molecule has 2 aromatic carbocycles. The second kappa shape index (κ2) is 12.0. The molecule has 0 radical (unpaired) electrons. The van der Waals surface area contributed by atoms with Crippen LogP contribution in [0.2, 0.25) is 5.02 Å². The van der Waals surface area contributed by atoms with Crippen LogP contribution in [0.1, 0.15) is 45.7 Å². The molecule has 1 amide bonds. The first-order valence-electron chi connectivity index (χ1n) is 11.4. The second-order valence-corrected chi connectivity index (χ2v) is 8.46. The molecule has 0 saturated heterocycles. The zero-order valence-electron chi connectivity index (χ0n) is 19.7. The van der Waals surface area contributed by atoms with Crippen LogP contribution in [0, 0.1) is 5.92 Å². The van der Waals surface area contributed by atoms with Gasteiger partial charge in [0.1, 0.15) is 0 Å². The van der Waals surface area contributed by atoms with Crippen molar-refractivity contribution in [3.05, 3.63) is 40.9 Å². The van der Waals surface area contributed by atoms with E-state index in [4.69, 9.17) is 30.5 Å². The van der Waals surface area contributed by atoms with E-state index in [2.05, 4.69) is 24.5 Å². The molecule has 8 heteroatoms. The molecule has 33 heavy (non-hydrogen) atoms. The molecule has 1 atom stereocenters. The third kappa shape index (κ3) is 6.68. The molecule has 7 nitrogen and oxygen atoms in total. The number of hydrogen-bond acceptors (Lipinski definition) is 6. The lowest BCUT2D eigenvalue weighted by atomic mass is 9.95. The summed E-state index contributed by atoms with van der Waals surface area (Å²) in [6, 6.07) is 9.23. The van der Waals surface area contributed by atoms with E-state index in [0.29, 0.717) is 60.1 Å². The highest BCUT2D eigenvalue weighted by Gasteiger charge is 2.20. The highest BCUT2D eigenvalue weighted by Crippen LogP contribution is 2.38. The highest BCUT2D eigenvalue weighted by atomic mass is 35.5. The quantitative estimate of drug-likeness (QED) is 0.489. The Morgan fingerprint density at radius 1 is 1.03 bits per heavy atom. The molecule has 1 unspecified atom stereocenters. The number of rotatable bonds is 10. The van der Waals surface area contributed by atoms with Gasteiger partial charge in [-0.05, 0) is 37.5 Å². The molecule has 2 N–H and O–H groups in total. The number of fused-ring (bicyclic) bond motifs is 1. The number of carbonyl (C=O) groups excluding carboxylic acids is 1. The largest absolute Gasteiger partial charge is 0.490 e. The maximum Gasteiger partial charge on any atom is 0.238 e. The maximum atomic E-state index is 12.7. The molecule has 0 fully saturated rings. The molecule has 1 heterocycles. The van der Waals surface area contributed by atoms with Crippen molar-refractivity contribution in [1.82, 2.24) is 5.32 Å². The summed E-state index contributed by atoms with van der Waals surface area (Å²) in [7, 11) is 0. The van der Waals surface area contributed by atoms with Crippen molar-refractivity contribution in [2.75, 3.05) is 38.3 Å². The Morgan fingerprint density at radius 3 is 2.36 bits per heavy atom. The van der Waals surface area contributed by atoms with Crippen molar-refractivity contribution in [3.8, 4) is 23.0 Å². The Bertz CT molecular complexity index is 951. The maximum absolute atomic E-state index is 12.7. The first kappa shape index (κ1) is 25.0. The van der Waals surface area contributed by atoms with Gasteiger partial charge in [-0.2, -0.15) is 0 Å². The zero-order valence-corrected chi connectivity index (χ0v) is 20.5. The van der Waals surface area contributed by atoms with Crippen molar-refractivity contribution < 1.29 is 23.7 Å². The van der Waals surface area contributed by atoms with Crippen molar-refractivity contribution in [2.24, 2.45) is 5.92 Å². The normalized spacial score (nSPS) is 13.9. The average molecular weight is 477 g/mol. The van der Waals surface area contributed by atoms with E-state index in [1.807, 2.05) is 32.0 Å². The molecule has 2 aromatic rings. The first-order valence-corrected chi connectivity index (χ1v) is 11.8. The molecule has 1 aliphatic rings. The van der Waals surface area contributed by atoms with Crippen LogP contribution >= 0.6 is 11.6 Å². The third-order valence-corrected chi connectivity index (χ3v) is 5.50. The zero-order chi connectivity index (χ0) is 23.8. The van der Waals surface area contributed by atoms with Crippen LogP contribution in [0.15, 0.2) is 30.3 Å². The van der Waals surface area contributed by atoms with Crippen molar-refractivity contribution >= 4 is 23.2 Å². The van der Waals surface area contributed by atoms with Crippen LogP contribution in [-0.2, 0) is 4.79 Å². The number of amides is 1. The summed E-state index contributed by atoms with van der Waals surface area (Å²) in [4.78, 5) is 12.7. The summed E-state index contributed by atoms with van der Waals surface area (Å²) in [5.74, 6) is 2.63. The highest BCUT2D eigenvalue weighted by molar-refractivity contribution is 6.34.